The van der Waals surface area contributed by atoms with E-state index in [1.54, 1.807) is 30.3 Å². The van der Waals surface area contributed by atoms with Crippen molar-refractivity contribution in [2.75, 3.05) is 0 Å². The van der Waals surface area contributed by atoms with Crippen molar-refractivity contribution in [2.45, 2.75) is 25.0 Å². The molecule has 3 rings (SSSR count). The number of nitro groups is 1. The van der Waals surface area contributed by atoms with Crippen LogP contribution in [0.1, 0.15) is 34.9 Å². The average Bonchev–Trinajstić information content (AvgIpc) is 3.44. The lowest BCUT2D eigenvalue weighted by Crippen LogP contribution is -2.33. The zero-order valence-electron chi connectivity index (χ0n) is 13.3. The molecule has 0 aromatic heterocycles. The van der Waals surface area contributed by atoms with Crippen LogP contribution < -0.4 is 5.32 Å². The van der Waals surface area contributed by atoms with E-state index in [1.807, 2.05) is 0 Å². The molecule has 0 heterocycles. The molecule has 1 amide bonds. The third-order valence-electron chi connectivity index (χ3n) is 3.80. The van der Waals surface area contributed by atoms with E-state index in [0.717, 1.165) is 12.8 Å². The topological polar surface area (TPSA) is 98.5 Å². The smallest absolute Gasteiger partial charge is 0.339 e. The van der Waals surface area contributed by atoms with Crippen molar-refractivity contribution in [3.8, 4) is 0 Å². The maximum Gasteiger partial charge on any atom is 0.339 e. The van der Waals surface area contributed by atoms with Crippen LogP contribution in [-0.2, 0) is 9.53 Å². The van der Waals surface area contributed by atoms with Gasteiger partial charge in [-0.3, -0.25) is 14.9 Å². The SMILES string of the molecule is O=C(O[C@@H](C(=O)NC1CC1)c1ccccc1)c1ccc([N+](=O)[O-])cc1. The summed E-state index contributed by atoms with van der Waals surface area (Å²) in [5.74, 6) is -1.08. The van der Waals surface area contributed by atoms with Crippen molar-refractivity contribution < 1.29 is 19.2 Å². The van der Waals surface area contributed by atoms with Crippen LogP contribution in [0, 0.1) is 10.1 Å². The quantitative estimate of drug-likeness (QED) is 0.495. The van der Waals surface area contributed by atoms with Gasteiger partial charge < -0.3 is 10.1 Å². The second-order valence-electron chi connectivity index (χ2n) is 5.78. The van der Waals surface area contributed by atoms with E-state index in [2.05, 4.69) is 5.32 Å². The Morgan fingerprint density at radius 2 is 1.72 bits per heavy atom. The molecule has 0 spiro atoms. The van der Waals surface area contributed by atoms with Gasteiger partial charge >= 0.3 is 5.97 Å². The van der Waals surface area contributed by atoms with Crippen molar-refractivity contribution in [3.63, 3.8) is 0 Å². The van der Waals surface area contributed by atoms with Crippen molar-refractivity contribution in [1.82, 2.24) is 5.32 Å². The summed E-state index contributed by atoms with van der Waals surface area (Å²) in [6.07, 6.45) is 0.775. The molecule has 1 aliphatic rings. The standard InChI is InChI=1S/C18H16N2O5/c21-17(19-14-8-9-14)16(12-4-2-1-3-5-12)25-18(22)13-6-10-15(11-7-13)20(23)24/h1-7,10-11,14,16H,8-9H2,(H,19,21)/t16-/m1/s1. The number of nitro benzene ring substituents is 1. The summed E-state index contributed by atoms with van der Waals surface area (Å²) in [7, 11) is 0. The Kier molecular flexibility index (Phi) is 4.74. The van der Waals surface area contributed by atoms with E-state index in [1.165, 1.54) is 24.3 Å². The normalized spacial score (nSPS) is 14.4. The zero-order valence-corrected chi connectivity index (χ0v) is 13.3. The maximum absolute atomic E-state index is 12.4. The first-order valence-corrected chi connectivity index (χ1v) is 7.85. The molecule has 0 radical (unpaired) electrons. The number of nitrogens with one attached hydrogen (secondary N) is 1. The third kappa shape index (κ3) is 4.20. The van der Waals surface area contributed by atoms with Crippen LogP contribution in [0.2, 0.25) is 0 Å². The summed E-state index contributed by atoms with van der Waals surface area (Å²) >= 11 is 0. The predicted octanol–water partition coefficient (Wildman–Crippen LogP) is 2.77. The van der Waals surface area contributed by atoms with Crippen LogP contribution in [0.4, 0.5) is 5.69 Å². The van der Waals surface area contributed by atoms with E-state index in [-0.39, 0.29) is 23.2 Å². The van der Waals surface area contributed by atoms with Crippen LogP contribution >= 0.6 is 0 Å². The minimum absolute atomic E-state index is 0.123. The van der Waals surface area contributed by atoms with Gasteiger partial charge in [-0.15, -0.1) is 0 Å². The molecule has 0 saturated heterocycles. The number of non-ortho nitro benzene ring substituents is 1. The summed E-state index contributed by atoms with van der Waals surface area (Å²) in [6.45, 7) is 0. The number of rotatable bonds is 6. The van der Waals surface area contributed by atoms with Gasteiger partial charge in [-0.2, -0.15) is 0 Å². The Hall–Kier alpha value is -3.22. The molecule has 1 aliphatic carbocycles. The Morgan fingerprint density at radius 3 is 2.28 bits per heavy atom. The third-order valence-corrected chi connectivity index (χ3v) is 3.80. The molecule has 1 N–H and O–H groups in total. The van der Waals surface area contributed by atoms with Crippen LogP contribution in [0.15, 0.2) is 54.6 Å². The molecule has 25 heavy (non-hydrogen) atoms. The van der Waals surface area contributed by atoms with Crippen LogP contribution in [0.25, 0.3) is 0 Å². The minimum Gasteiger partial charge on any atom is -0.444 e. The van der Waals surface area contributed by atoms with Gasteiger partial charge in [0, 0.05) is 23.7 Å². The number of carbonyl (C=O) groups is 2. The monoisotopic (exact) mass is 340 g/mol. The van der Waals surface area contributed by atoms with E-state index in [0.29, 0.717) is 5.56 Å². The molecule has 1 saturated carbocycles. The molecule has 0 aliphatic heterocycles. The Labute approximate surface area is 143 Å². The Bertz CT molecular complexity index is 785. The average molecular weight is 340 g/mol. The van der Waals surface area contributed by atoms with Crippen molar-refractivity contribution in [1.29, 1.82) is 0 Å². The van der Waals surface area contributed by atoms with Crippen LogP contribution in [0.5, 0.6) is 0 Å². The molecule has 128 valence electrons. The number of nitrogens with zero attached hydrogens (tertiary/aromatic N) is 1. The summed E-state index contributed by atoms with van der Waals surface area (Å²) in [5, 5.41) is 13.5. The highest BCUT2D eigenvalue weighted by Crippen LogP contribution is 2.24. The Balaban J connectivity index is 1.77. The molecule has 2 aromatic rings. The van der Waals surface area contributed by atoms with Gasteiger partial charge in [-0.05, 0) is 25.0 Å². The summed E-state index contributed by atoms with van der Waals surface area (Å²) < 4.78 is 5.39. The van der Waals surface area contributed by atoms with Gasteiger partial charge in [-0.1, -0.05) is 30.3 Å². The fourth-order valence-electron chi connectivity index (χ4n) is 2.30. The van der Waals surface area contributed by atoms with Crippen molar-refractivity contribution >= 4 is 17.6 Å². The number of benzene rings is 2. The molecule has 7 heteroatoms. The van der Waals surface area contributed by atoms with Gasteiger partial charge in [0.05, 0.1) is 10.5 Å². The molecular weight excluding hydrogens is 324 g/mol. The van der Waals surface area contributed by atoms with Gasteiger partial charge in [-0.25, -0.2) is 4.79 Å². The first-order chi connectivity index (χ1) is 12.0. The van der Waals surface area contributed by atoms with Gasteiger partial charge in [0.15, 0.2) is 0 Å². The Morgan fingerprint density at radius 1 is 1.08 bits per heavy atom. The predicted molar refractivity (Wildman–Crippen MR) is 88.9 cm³/mol. The molecule has 2 aromatic carbocycles. The molecule has 0 unspecified atom stereocenters. The highest BCUT2D eigenvalue weighted by molar-refractivity contribution is 5.93. The van der Waals surface area contributed by atoms with Crippen LogP contribution in [-0.4, -0.2) is 22.8 Å². The van der Waals surface area contributed by atoms with Crippen molar-refractivity contribution in [2.24, 2.45) is 0 Å². The fraction of sp³-hybridized carbons (Fsp3) is 0.222. The summed E-state index contributed by atoms with van der Waals surface area (Å²) in [5.41, 5.74) is 0.587. The second-order valence-corrected chi connectivity index (χ2v) is 5.78. The number of carbonyl (C=O) groups excluding carboxylic acids is 2. The van der Waals surface area contributed by atoms with E-state index < -0.39 is 17.0 Å². The first kappa shape index (κ1) is 16.6. The second kappa shape index (κ2) is 7.12. The lowest BCUT2D eigenvalue weighted by molar-refractivity contribution is -0.384. The number of esters is 1. The number of ether oxygens (including phenoxy) is 1. The molecule has 1 atom stereocenters. The largest absolute Gasteiger partial charge is 0.444 e. The summed E-state index contributed by atoms with van der Waals surface area (Å²) in [6, 6.07) is 13.9. The molecular formula is C18H16N2O5. The van der Waals surface area contributed by atoms with Gasteiger partial charge in [0.2, 0.25) is 6.10 Å². The van der Waals surface area contributed by atoms with E-state index in [9.17, 15) is 19.7 Å². The molecule has 0 bridgehead atoms. The highest BCUT2D eigenvalue weighted by atomic mass is 16.6. The van der Waals surface area contributed by atoms with Crippen molar-refractivity contribution in [3.05, 3.63) is 75.8 Å². The lowest BCUT2D eigenvalue weighted by atomic mass is 10.1. The minimum atomic E-state index is -1.07. The maximum atomic E-state index is 12.4. The van der Waals surface area contributed by atoms with Gasteiger partial charge in [0.25, 0.3) is 11.6 Å². The van der Waals surface area contributed by atoms with Gasteiger partial charge in [0.1, 0.15) is 0 Å². The number of hydrogen-bond donors (Lipinski definition) is 1. The fourth-order valence-corrected chi connectivity index (χ4v) is 2.30. The lowest BCUT2D eigenvalue weighted by Gasteiger charge is -2.18. The highest BCUT2D eigenvalue weighted by Gasteiger charge is 2.31. The molecule has 7 nitrogen and oxygen atoms in total. The zero-order chi connectivity index (χ0) is 17.8. The van der Waals surface area contributed by atoms with E-state index >= 15 is 0 Å². The molecule has 1 fully saturated rings. The van der Waals surface area contributed by atoms with E-state index in [4.69, 9.17) is 4.74 Å². The van der Waals surface area contributed by atoms with Crippen LogP contribution in [0.3, 0.4) is 0 Å². The first-order valence-electron chi connectivity index (χ1n) is 7.85. The summed E-state index contributed by atoms with van der Waals surface area (Å²) in [4.78, 5) is 34.9. The number of hydrogen-bond acceptors (Lipinski definition) is 5. The number of amides is 1.